The number of hydrogen-bond donors (Lipinski definition) is 1. The molecule has 0 spiro atoms. The number of piperidine rings is 1. The molecule has 0 aromatic carbocycles. The Morgan fingerprint density at radius 2 is 1.82 bits per heavy atom. The van der Waals surface area contributed by atoms with Crippen molar-refractivity contribution in [3.63, 3.8) is 0 Å². The lowest BCUT2D eigenvalue weighted by Crippen LogP contribution is -2.48. The lowest BCUT2D eigenvalue weighted by Gasteiger charge is -2.32. The second-order valence-electron chi connectivity index (χ2n) is 6.84. The normalized spacial score (nSPS) is 18.0. The Morgan fingerprint density at radius 1 is 1.11 bits per heavy atom. The summed E-state index contributed by atoms with van der Waals surface area (Å²) >= 11 is 0. The topological polar surface area (TPSA) is 108 Å². The lowest BCUT2D eigenvalue weighted by atomic mass is 10.1. The van der Waals surface area contributed by atoms with Crippen LogP contribution in [0.2, 0.25) is 0 Å². The van der Waals surface area contributed by atoms with E-state index in [1.54, 1.807) is 33.8 Å². The molecule has 3 amide bonds. The van der Waals surface area contributed by atoms with Crippen molar-refractivity contribution >= 4 is 24.2 Å². The summed E-state index contributed by atoms with van der Waals surface area (Å²) < 4.78 is 5.02. The minimum absolute atomic E-state index is 0.174. The molecule has 1 aromatic rings. The highest BCUT2D eigenvalue weighted by atomic mass is 16.6. The third-order valence-electron chi connectivity index (χ3n) is 5.01. The second-order valence-corrected chi connectivity index (χ2v) is 6.84. The minimum Gasteiger partial charge on any atom is -0.450 e. The van der Waals surface area contributed by atoms with Crippen LogP contribution in [0.4, 0.5) is 10.6 Å². The third-order valence-corrected chi connectivity index (χ3v) is 5.01. The number of likely N-dealkylation sites (tertiary alicyclic amines) is 1. The molecule has 2 aliphatic rings. The number of amides is 3. The van der Waals surface area contributed by atoms with Crippen LogP contribution in [0.25, 0.3) is 0 Å². The Bertz CT molecular complexity index is 682. The smallest absolute Gasteiger partial charge is 0.409 e. The van der Waals surface area contributed by atoms with Gasteiger partial charge >= 0.3 is 6.09 Å². The zero-order valence-electron chi connectivity index (χ0n) is 16.0. The Morgan fingerprint density at radius 3 is 2.39 bits per heavy atom. The largest absolute Gasteiger partial charge is 0.450 e. The summed E-state index contributed by atoms with van der Waals surface area (Å²) in [6.07, 6.45) is 2.13. The van der Waals surface area contributed by atoms with Crippen molar-refractivity contribution in [2.24, 2.45) is 0 Å². The predicted molar refractivity (Wildman–Crippen MR) is 101 cm³/mol. The Kier molecular flexibility index (Phi) is 6.62. The molecule has 152 valence electrons. The first-order chi connectivity index (χ1) is 13.6. The zero-order chi connectivity index (χ0) is 19.9. The number of carbonyl (C=O) groups excluding carboxylic acids is 3. The second kappa shape index (κ2) is 9.34. The Hall–Kier alpha value is -2.91. The molecule has 0 atom stereocenters. The van der Waals surface area contributed by atoms with E-state index < -0.39 is 0 Å². The van der Waals surface area contributed by atoms with Crippen LogP contribution in [-0.2, 0) is 9.53 Å². The highest BCUT2D eigenvalue weighted by molar-refractivity contribution is 5.92. The summed E-state index contributed by atoms with van der Waals surface area (Å²) in [7, 11) is 0. The molecule has 1 N–H and O–H groups in total. The van der Waals surface area contributed by atoms with E-state index in [0.29, 0.717) is 57.4 Å². The van der Waals surface area contributed by atoms with Crippen LogP contribution >= 0.6 is 0 Å². The number of ether oxygens (including phenoxy) is 1. The van der Waals surface area contributed by atoms with Crippen molar-refractivity contribution in [1.29, 1.82) is 0 Å². The van der Waals surface area contributed by atoms with Gasteiger partial charge in [-0.25, -0.2) is 4.79 Å². The van der Waals surface area contributed by atoms with Crippen LogP contribution in [-0.4, -0.2) is 95.2 Å². The molecule has 2 saturated heterocycles. The van der Waals surface area contributed by atoms with Gasteiger partial charge in [0.05, 0.1) is 6.61 Å². The molecule has 2 aliphatic heterocycles. The van der Waals surface area contributed by atoms with Gasteiger partial charge in [0.15, 0.2) is 5.69 Å². The van der Waals surface area contributed by atoms with E-state index in [0.717, 1.165) is 19.3 Å². The Balaban J connectivity index is 1.48. The molecule has 1 aromatic heterocycles. The molecule has 10 heteroatoms. The van der Waals surface area contributed by atoms with Crippen LogP contribution in [0, 0.1) is 0 Å². The van der Waals surface area contributed by atoms with Crippen molar-refractivity contribution in [3.8, 4) is 0 Å². The summed E-state index contributed by atoms with van der Waals surface area (Å²) in [5.74, 6) is 0.434. The highest BCUT2D eigenvalue weighted by Gasteiger charge is 2.25. The first-order valence-electron chi connectivity index (χ1n) is 9.61. The summed E-state index contributed by atoms with van der Waals surface area (Å²) in [5, 5.41) is 11.5. The van der Waals surface area contributed by atoms with Gasteiger partial charge in [0.2, 0.25) is 6.41 Å². The van der Waals surface area contributed by atoms with Crippen LogP contribution in [0.15, 0.2) is 12.1 Å². The SMILES string of the molecule is CCOC(=O)N1CCC(Nc2ccc(C(=O)N3CCN(C=O)CC3)nn2)CC1. The molecule has 10 nitrogen and oxygen atoms in total. The molecule has 28 heavy (non-hydrogen) atoms. The van der Waals surface area contributed by atoms with E-state index in [1.807, 2.05) is 0 Å². The maximum Gasteiger partial charge on any atom is 0.409 e. The van der Waals surface area contributed by atoms with Gasteiger partial charge in [0, 0.05) is 45.3 Å². The lowest BCUT2D eigenvalue weighted by molar-refractivity contribution is -0.119. The van der Waals surface area contributed by atoms with Crippen LogP contribution in [0.3, 0.4) is 0 Å². The molecule has 0 saturated carbocycles. The molecular weight excluding hydrogens is 364 g/mol. The number of hydrogen-bond acceptors (Lipinski definition) is 7. The average molecular weight is 390 g/mol. The summed E-state index contributed by atoms with van der Waals surface area (Å²) in [6, 6.07) is 3.61. The van der Waals surface area contributed by atoms with Crippen molar-refractivity contribution < 1.29 is 19.1 Å². The van der Waals surface area contributed by atoms with E-state index >= 15 is 0 Å². The summed E-state index contributed by atoms with van der Waals surface area (Å²) in [5.41, 5.74) is 0.294. The molecule has 0 bridgehead atoms. The van der Waals surface area contributed by atoms with Crippen molar-refractivity contribution in [1.82, 2.24) is 24.9 Å². The third kappa shape index (κ3) is 4.87. The Labute approximate surface area is 163 Å². The average Bonchev–Trinajstić information content (AvgIpc) is 2.74. The fourth-order valence-electron chi connectivity index (χ4n) is 3.35. The van der Waals surface area contributed by atoms with Gasteiger partial charge in [-0.3, -0.25) is 9.59 Å². The number of nitrogens with zero attached hydrogens (tertiary/aromatic N) is 5. The maximum absolute atomic E-state index is 12.5. The van der Waals surface area contributed by atoms with Crippen molar-refractivity contribution in [3.05, 3.63) is 17.8 Å². The number of aromatic nitrogens is 2. The summed E-state index contributed by atoms with van der Waals surface area (Å²) in [6.45, 7) is 5.51. The monoisotopic (exact) mass is 390 g/mol. The van der Waals surface area contributed by atoms with Gasteiger partial charge in [-0.05, 0) is 31.9 Å². The van der Waals surface area contributed by atoms with Crippen molar-refractivity contribution in [2.45, 2.75) is 25.8 Å². The fraction of sp³-hybridized carbons (Fsp3) is 0.611. The first kappa shape index (κ1) is 19.8. The van der Waals surface area contributed by atoms with Gasteiger partial charge in [-0.1, -0.05) is 0 Å². The molecular formula is C18H26N6O4. The number of carbonyl (C=O) groups is 3. The molecule has 0 radical (unpaired) electrons. The predicted octanol–water partition coefficient (Wildman–Crippen LogP) is 0.424. The van der Waals surface area contributed by atoms with E-state index in [4.69, 9.17) is 4.74 Å². The zero-order valence-corrected chi connectivity index (χ0v) is 16.0. The molecule has 0 aliphatic carbocycles. The van der Waals surface area contributed by atoms with Gasteiger partial charge in [-0.2, -0.15) is 0 Å². The molecule has 3 rings (SSSR count). The maximum atomic E-state index is 12.5. The fourth-order valence-corrected chi connectivity index (χ4v) is 3.35. The number of anilines is 1. The van der Waals surface area contributed by atoms with E-state index in [9.17, 15) is 14.4 Å². The number of rotatable bonds is 5. The van der Waals surface area contributed by atoms with Gasteiger partial charge in [0.1, 0.15) is 5.82 Å². The summed E-state index contributed by atoms with van der Waals surface area (Å²) in [4.78, 5) is 40.0. The van der Waals surface area contributed by atoms with Crippen LogP contribution in [0.1, 0.15) is 30.3 Å². The van der Waals surface area contributed by atoms with Gasteiger partial charge < -0.3 is 24.8 Å². The number of nitrogens with one attached hydrogen (secondary N) is 1. The van der Waals surface area contributed by atoms with Crippen LogP contribution in [0.5, 0.6) is 0 Å². The van der Waals surface area contributed by atoms with E-state index in [2.05, 4.69) is 15.5 Å². The van der Waals surface area contributed by atoms with Crippen molar-refractivity contribution in [2.75, 3.05) is 51.2 Å². The molecule has 0 unspecified atom stereocenters. The first-order valence-corrected chi connectivity index (χ1v) is 9.61. The van der Waals surface area contributed by atoms with Gasteiger partial charge in [0.25, 0.3) is 5.91 Å². The molecule has 2 fully saturated rings. The standard InChI is InChI=1S/C18H26N6O4/c1-2-28-18(27)24-7-5-14(6-8-24)19-16-4-3-15(20-21-16)17(26)23-11-9-22(13-25)10-12-23/h3-4,13-14H,2,5-12H2,1H3,(H,19,21). The van der Waals surface area contributed by atoms with E-state index in [-0.39, 0.29) is 18.0 Å². The molecule has 3 heterocycles. The quantitative estimate of drug-likeness (QED) is 0.726. The van der Waals surface area contributed by atoms with Gasteiger partial charge in [-0.15, -0.1) is 10.2 Å². The number of piperazine rings is 1. The minimum atomic E-state index is -0.266. The highest BCUT2D eigenvalue weighted by Crippen LogP contribution is 2.16. The van der Waals surface area contributed by atoms with E-state index in [1.165, 1.54) is 0 Å². The van der Waals surface area contributed by atoms with Crippen LogP contribution < -0.4 is 5.32 Å².